The van der Waals surface area contributed by atoms with Crippen LogP contribution >= 0.6 is 11.3 Å². The standard InChI is InChI=1S/C28H37N5O3S/c1-29-12-10-23(11-13-29)30(2)27(34)26-25(22-7-4-3-5-8-22)33(21-24-9-6-20-37-24)28(35)32(26)15-14-31-16-18-36-19-17-31/h3-9,20,23H,10-19,21H2,1-2H3. The molecule has 2 saturated heterocycles. The molecule has 2 aromatic heterocycles. The molecule has 0 spiro atoms. The average molecular weight is 524 g/mol. The summed E-state index contributed by atoms with van der Waals surface area (Å²) in [7, 11) is 4.03. The van der Waals surface area contributed by atoms with Crippen molar-refractivity contribution < 1.29 is 9.53 Å². The maximum Gasteiger partial charge on any atom is 0.329 e. The fourth-order valence-electron chi connectivity index (χ4n) is 5.39. The second-order valence-electron chi connectivity index (χ2n) is 10.1. The third-order valence-corrected chi connectivity index (χ3v) is 8.53. The molecule has 4 heterocycles. The van der Waals surface area contributed by atoms with Gasteiger partial charge in [0.05, 0.1) is 25.5 Å². The second kappa shape index (κ2) is 11.8. The molecular formula is C28H37N5O3S. The maximum atomic E-state index is 14.3. The Bertz CT molecular complexity index is 1220. The number of hydrogen-bond acceptors (Lipinski definition) is 6. The van der Waals surface area contributed by atoms with E-state index >= 15 is 0 Å². The van der Waals surface area contributed by atoms with E-state index in [2.05, 4.69) is 16.8 Å². The van der Waals surface area contributed by atoms with Crippen molar-refractivity contribution in [2.45, 2.75) is 32.0 Å². The highest BCUT2D eigenvalue weighted by Crippen LogP contribution is 2.27. The van der Waals surface area contributed by atoms with Gasteiger partial charge in [-0.1, -0.05) is 36.4 Å². The molecule has 0 aliphatic carbocycles. The number of morpholine rings is 1. The molecule has 2 fully saturated rings. The SMILES string of the molecule is CN1CCC(N(C)C(=O)c2c(-c3ccccc3)n(Cc3cccs3)c(=O)n2CCN2CCOCC2)CC1. The van der Waals surface area contributed by atoms with Gasteiger partial charge in [0.1, 0.15) is 5.69 Å². The van der Waals surface area contributed by atoms with E-state index in [4.69, 9.17) is 4.74 Å². The van der Waals surface area contributed by atoms with Crippen LogP contribution in [0.2, 0.25) is 0 Å². The van der Waals surface area contributed by atoms with Crippen molar-refractivity contribution in [1.29, 1.82) is 0 Å². The minimum Gasteiger partial charge on any atom is -0.379 e. The van der Waals surface area contributed by atoms with E-state index in [1.807, 2.05) is 59.8 Å². The molecule has 0 radical (unpaired) electrons. The van der Waals surface area contributed by atoms with E-state index < -0.39 is 0 Å². The van der Waals surface area contributed by atoms with Gasteiger partial charge in [-0.05, 0) is 44.4 Å². The summed E-state index contributed by atoms with van der Waals surface area (Å²) in [5.41, 5.74) is 1.98. The Morgan fingerprint density at radius 3 is 2.41 bits per heavy atom. The van der Waals surface area contributed by atoms with Crippen LogP contribution in [0.15, 0.2) is 52.6 Å². The Hall–Kier alpha value is -2.72. The fourth-order valence-corrected chi connectivity index (χ4v) is 6.08. The third-order valence-electron chi connectivity index (χ3n) is 7.67. The fraction of sp³-hybridized carbons (Fsp3) is 0.500. The average Bonchev–Trinajstić information content (AvgIpc) is 3.54. The summed E-state index contributed by atoms with van der Waals surface area (Å²) in [6.45, 7) is 6.65. The molecule has 0 bridgehead atoms. The molecule has 3 aromatic rings. The first kappa shape index (κ1) is 25.9. The zero-order chi connectivity index (χ0) is 25.8. The molecule has 2 aliphatic rings. The number of hydrogen-bond donors (Lipinski definition) is 0. The third kappa shape index (κ3) is 5.75. The topological polar surface area (TPSA) is 63.0 Å². The molecule has 0 saturated carbocycles. The van der Waals surface area contributed by atoms with Crippen molar-refractivity contribution in [3.8, 4) is 11.3 Å². The van der Waals surface area contributed by atoms with Crippen molar-refractivity contribution in [3.05, 3.63) is 68.9 Å². The van der Waals surface area contributed by atoms with Gasteiger partial charge in [0.2, 0.25) is 0 Å². The van der Waals surface area contributed by atoms with Gasteiger partial charge in [-0.15, -0.1) is 11.3 Å². The van der Waals surface area contributed by atoms with Crippen LogP contribution in [-0.2, 0) is 17.8 Å². The number of nitrogens with zero attached hydrogens (tertiary/aromatic N) is 5. The molecule has 1 amide bonds. The van der Waals surface area contributed by atoms with Crippen LogP contribution in [0.5, 0.6) is 0 Å². The van der Waals surface area contributed by atoms with Gasteiger partial charge in [0, 0.05) is 49.7 Å². The van der Waals surface area contributed by atoms with Crippen molar-refractivity contribution in [1.82, 2.24) is 23.8 Å². The lowest BCUT2D eigenvalue weighted by atomic mass is 10.0. The molecule has 37 heavy (non-hydrogen) atoms. The summed E-state index contributed by atoms with van der Waals surface area (Å²) in [6.07, 6.45) is 1.88. The molecule has 2 aliphatic heterocycles. The van der Waals surface area contributed by atoms with Crippen molar-refractivity contribution >= 4 is 17.2 Å². The number of ether oxygens (including phenoxy) is 1. The van der Waals surface area contributed by atoms with Crippen molar-refractivity contribution in [2.24, 2.45) is 0 Å². The Balaban J connectivity index is 1.58. The molecule has 9 heteroatoms. The van der Waals surface area contributed by atoms with E-state index in [0.717, 1.165) is 49.5 Å². The lowest BCUT2D eigenvalue weighted by Gasteiger charge is -2.35. The van der Waals surface area contributed by atoms with Crippen LogP contribution < -0.4 is 5.69 Å². The second-order valence-corrected chi connectivity index (χ2v) is 11.1. The first-order chi connectivity index (χ1) is 18.0. The Labute approximate surface area is 222 Å². The van der Waals surface area contributed by atoms with E-state index in [1.54, 1.807) is 20.5 Å². The molecule has 1 aromatic carbocycles. The lowest BCUT2D eigenvalue weighted by molar-refractivity contribution is 0.0359. The minimum atomic E-state index is -0.124. The van der Waals surface area contributed by atoms with E-state index in [1.165, 1.54) is 0 Å². The highest BCUT2D eigenvalue weighted by Gasteiger charge is 2.32. The number of thiophene rings is 1. The summed E-state index contributed by atoms with van der Waals surface area (Å²) >= 11 is 1.63. The highest BCUT2D eigenvalue weighted by molar-refractivity contribution is 7.09. The number of piperidine rings is 1. The molecular weight excluding hydrogens is 486 g/mol. The summed E-state index contributed by atoms with van der Waals surface area (Å²) in [6, 6.07) is 14.1. The van der Waals surface area contributed by atoms with Crippen LogP contribution in [-0.4, -0.2) is 95.8 Å². The van der Waals surface area contributed by atoms with Gasteiger partial charge in [0.25, 0.3) is 5.91 Å². The number of likely N-dealkylation sites (tertiary alicyclic amines) is 1. The first-order valence-electron chi connectivity index (χ1n) is 13.2. The normalized spacial score (nSPS) is 17.8. The number of rotatable bonds is 8. The largest absolute Gasteiger partial charge is 0.379 e. The van der Waals surface area contributed by atoms with Gasteiger partial charge in [-0.3, -0.25) is 18.8 Å². The number of carbonyl (C=O) groups excluding carboxylic acids is 1. The molecule has 5 rings (SSSR count). The molecule has 0 N–H and O–H groups in total. The van der Waals surface area contributed by atoms with Gasteiger partial charge >= 0.3 is 5.69 Å². The quantitative estimate of drug-likeness (QED) is 0.454. The Morgan fingerprint density at radius 1 is 1.00 bits per heavy atom. The number of aromatic nitrogens is 2. The van der Waals surface area contributed by atoms with Crippen LogP contribution in [0.1, 0.15) is 28.2 Å². The van der Waals surface area contributed by atoms with Gasteiger partial charge < -0.3 is 14.5 Å². The number of benzene rings is 1. The molecule has 198 valence electrons. The summed E-state index contributed by atoms with van der Waals surface area (Å²) in [5, 5.41) is 2.03. The van der Waals surface area contributed by atoms with E-state index in [-0.39, 0.29) is 17.6 Å². The summed E-state index contributed by atoms with van der Waals surface area (Å²) < 4.78 is 9.04. The van der Waals surface area contributed by atoms with E-state index in [0.29, 0.717) is 44.2 Å². The molecule has 8 nitrogen and oxygen atoms in total. The van der Waals surface area contributed by atoms with Crippen molar-refractivity contribution in [2.75, 3.05) is 60.0 Å². The van der Waals surface area contributed by atoms with Crippen LogP contribution in [0.4, 0.5) is 0 Å². The minimum absolute atomic E-state index is 0.0718. The molecule has 0 unspecified atom stereocenters. The highest BCUT2D eigenvalue weighted by atomic mass is 32.1. The zero-order valence-electron chi connectivity index (χ0n) is 21.8. The Morgan fingerprint density at radius 2 is 1.73 bits per heavy atom. The smallest absolute Gasteiger partial charge is 0.329 e. The van der Waals surface area contributed by atoms with Crippen LogP contribution in [0.3, 0.4) is 0 Å². The van der Waals surface area contributed by atoms with E-state index in [9.17, 15) is 9.59 Å². The monoisotopic (exact) mass is 523 g/mol. The van der Waals surface area contributed by atoms with Crippen molar-refractivity contribution in [3.63, 3.8) is 0 Å². The number of amides is 1. The molecule has 0 atom stereocenters. The maximum absolute atomic E-state index is 14.3. The summed E-state index contributed by atoms with van der Waals surface area (Å²) in [5.74, 6) is -0.0718. The Kier molecular flexibility index (Phi) is 8.24. The lowest BCUT2D eigenvalue weighted by Crippen LogP contribution is -2.45. The van der Waals surface area contributed by atoms with Crippen LogP contribution in [0, 0.1) is 0 Å². The number of carbonyl (C=O) groups is 1. The predicted molar refractivity (Wildman–Crippen MR) is 147 cm³/mol. The van der Waals surface area contributed by atoms with Gasteiger partial charge in [-0.2, -0.15) is 0 Å². The first-order valence-corrected chi connectivity index (χ1v) is 14.1. The van der Waals surface area contributed by atoms with Crippen LogP contribution in [0.25, 0.3) is 11.3 Å². The van der Waals surface area contributed by atoms with Gasteiger partial charge in [-0.25, -0.2) is 4.79 Å². The number of imidazole rings is 1. The summed E-state index contributed by atoms with van der Waals surface area (Å²) in [4.78, 5) is 35.9. The predicted octanol–water partition coefficient (Wildman–Crippen LogP) is 2.93. The van der Waals surface area contributed by atoms with Gasteiger partial charge in [0.15, 0.2) is 0 Å². The zero-order valence-corrected chi connectivity index (χ0v) is 22.7.